The van der Waals surface area contributed by atoms with Crippen molar-refractivity contribution in [1.29, 1.82) is 0 Å². The standard InChI is InChI=1S/C17H13Cl3O3/c1-22-15-5-3-2-4-13(15)7-6-12-10-14(23-16(21)11-12)8-9-17(18,19)20/h2-11H,1H3/b7-6+,9-8+. The number of alkyl halides is 3. The number of para-hydroxylation sites is 1. The molecular weight excluding hydrogens is 359 g/mol. The lowest BCUT2D eigenvalue weighted by Gasteiger charge is -2.04. The van der Waals surface area contributed by atoms with E-state index >= 15 is 0 Å². The first kappa shape index (κ1) is 17.7. The zero-order valence-corrected chi connectivity index (χ0v) is 14.4. The van der Waals surface area contributed by atoms with E-state index in [1.165, 1.54) is 18.2 Å². The fourth-order valence-corrected chi connectivity index (χ4v) is 2.05. The summed E-state index contributed by atoms with van der Waals surface area (Å²) in [7, 11) is 1.60. The first-order chi connectivity index (χ1) is 10.9. The van der Waals surface area contributed by atoms with E-state index in [2.05, 4.69) is 0 Å². The Morgan fingerprint density at radius 2 is 1.83 bits per heavy atom. The molecule has 0 bridgehead atoms. The van der Waals surface area contributed by atoms with E-state index in [-0.39, 0.29) is 0 Å². The van der Waals surface area contributed by atoms with Crippen molar-refractivity contribution in [3.05, 3.63) is 69.8 Å². The number of ether oxygens (including phenoxy) is 1. The fraction of sp³-hybridized carbons (Fsp3) is 0.118. The molecule has 0 amide bonds. The lowest BCUT2D eigenvalue weighted by Crippen LogP contribution is -1.99. The Morgan fingerprint density at radius 3 is 2.52 bits per heavy atom. The van der Waals surface area contributed by atoms with Gasteiger partial charge < -0.3 is 9.15 Å². The van der Waals surface area contributed by atoms with Gasteiger partial charge in [0.25, 0.3) is 0 Å². The Labute approximate surface area is 148 Å². The molecule has 0 fully saturated rings. The number of halogens is 3. The molecule has 2 rings (SSSR count). The second kappa shape index (κ2) is 7.73. The third-order valence-electron chi connectivity index (χ3n) is 2.84. The third-order valence-corrected chi connectivity index (χ3v) is 3.22. The van der Waals surface area contributed by atoms with Crippen LogP contribution in [0.3, 0.4) is 0 Å². The summed E-state index contributed by atoms with van der Waals surface area (Å²) in [5.41, 5.74) is 1.06. The van der Waals surface area contributed by atoms with Crippen molar-refractivity contribution in [2.24, 2.45) is 0 Å². The molecule has 0 unspecified atom stereocenters. The summed E-state index contributed by atoms with van der Waals surface area (Å²) >= 11 is 16.9. The van der Waals surface area contributed by atoms with Crippen LogP contribution in [0.1, 0.15) is 16.9 Å². The molecule has 0 aliphatic heterocycles. The van der Waals surface area contributed by atoms with E-state index in [9.17, 15) is 4.79 Å². The van der Waals surface area contributed by atoms with Crippen molar-refractivity contribution < 1.29 is 9.15 Å². The molecular formula is C17H13Cl3O3. The van der Waals surface area contributed by atoms with Gasteiger partial charge in [0.1, 0.15) is 11.5 Å². The van der Waals surface area contributed by atoms with Gasteiger partial charge >= 0.3 is 5.63 Å². The van der Waals surface area contributed by atoms with Gasteiger partial charge in [-0.2, -0.15) is 0 Å². The molecule has 0 aliphatic rings. The van der Waals surface area contributed by atoms with Crippen molar-refractivity contribution >= 4 is 53.0 Å². The van der Waals surface area contributed by atoms with E-state index in [0.29, 0.717) is 11.3 Å². The summed E-state index contributed by atoms with van der Waals surface area (Å²) in [6, 6.07) is 10.6. The molecule has 1 aromatic carbocycles. The van der Waals surface area contributed by atoms with Crippen LogP contribution >= 0.6 is 34.8 Å². The minimum atomic E-state index is -1.55. The molecule has 1 heterocycles. The number of rotatable bonds is 4. The second-order valence-corrected chi connectivity index (χ2v) is 6.93. The topological polar surface area (TPSA) is 39.4 Å². The first-order valence-corrected chi connectivity index (χ1v) is 7.73. The molecule has 0 atom stereocenters. The lowest BCUT2D eigenvalue weighted by molar-refractivity contribution is 0.414. The number of hydrogen-bond donors (Lipinski definition) is 0. The summed E-state index contributed by atoms with van der Waals surface area (Å²) in [5.74, 6) is 1.03. The Morgan fingerprint density at radius 1 is 1.09 bits per heavy atom. The first-order valence-electron chi connectivity index (χ1n) is 6.60. The van der Waals surface area contributed by atoms with Crippen molar-refractivity contribution in [1.82, 2.24) is 0 Å². The number of methoxy groups -OCH3 is 1. The van der Waals surface area contributed by atoms with E-state index < -0.39 is 9.42 Å². The van der Waals surface area contributed by atoms with Gasteiger partial charge in [0, 0.05) is 11.6 Å². The zero-order chi connectivity index (χ0) is 16.9. The summed E-state index contributed by atoms with van der Waals surface area (Å²) in [6.45, 7) is 0. The molecule has 0 aliphatic carbocycles. The highest BCUT2D eigenvalue weighted by atomic mass is 35.6. The van der Waals surface area contributed by atoms with Gasteiger partial charge in [0.15, 0.2) is 0 Å². The van der Waals surface area contributed by atoms with Crippen molar-refractivity contribution in [3.8, 4) is 5.75 Å². The molecule has 0 N–H and O–H groups in total. The van der Waals surface area contributed by atoms with E-state index in [1.807, 2.05) is 30.3 Å². The van der Waals surface area contributed by atoms with Crippen LogP contribution in [0.4, 0.5) is 0 Å². The molecule has 3 nitrogen and oxygen atoms in total. The largest absolute Gasteiger partial charge is 0.496 e. The Kier molecular flexibility index (Phi) is 5.94. The average molecular weight is 372 g/mol. The van der Waals surface area contributed by atoms with Crippen LogP contribution in [-0.2, 0) is 0 Å². The van der Waals surface area contributed by atoms with Crippen LogP contribution in [0, 0.1) is 0 Å². The fourth-order valence-electron chi connectivity index (χ4n) is 1.86. The highest BCUT2D eigenvalue weighted by Gasteiger charge is 2.14. The maximum Gasteiger partial charge on any atom is 0.336 e. The number of allylic oxidation sites excluding steroid dienone is 1. The summed E-state index contributed by atoms with van der Waals surface area (Å²) < 4.78 is 8.75. The van der Waals surface area contributed by atoms with Crippen LogP contribution in [0.2, 0.25) is 0 Å². The van der Waals surface area contributed by atoms with Gasteiger partial charge in [-0.3, -0.25) is 0 Å². The predicted molar refractivity (Wildman–Crippen MR) is 96.2 cm³/mol. The quantitative estimate of drug-likeness (QED) is 0.693. The van der Waals surface area contributed by atoms with Gasteiger partial charge in [-0.05, 0) is 29.8 Å². The van der Waals surface area contributed by atoms with Crippen molar-refractivity contribution in [3.63, 3.8) is 0 Å². The third kappa shape index (κ3) is 5.79. The number of hydrogen-bond acceptors (Lipinski definition) is 3. The molecule has 0 radical (unpaired) electrons. The average Bonchev–Trinajstić information content (AvgIpc) is 2.50. The van der Waals surface area contributed by atoms with Crippen LogP contribution in [-0.4, -0.2) is 10.9 Å². The molecule has 23 heavy (non-hydrogen) atoms. The van der Waals surface area contributed by atoms with E-state index in [1.54, 1.807) is 19.3 Å². The van der Waals surface area contributed by atoms with Gasteiger partial charge in [0.05, 0.1) is 7.11 Å². The number of benzene rings is 1. The van der Waals surface area contributed by atoms with Gasteiger partial charge in [-0.15, -0.1) is 0 Å². The predicted octanol–water partition coefficient (Wildman–Crippen LogP) is 5.20. The zero-order valence-electron chi connectivity index (χ0n) is 12.1. The van der Waals surface area contributed by atoms with Crippen molar-refractivity contribution in [2.75, 3.05) is 7.11 Å². The maximum atomic E-state index is 11.6. The molecule has 0 saturated heterocycles. The minimum Gasteiger partial charge on any atom is -0.496 e. The van der Waals surface area contributed by atoms with E-state index in [0.717, 1.165) is 11.3 Å². The Hall–Kier alpha value is -1.68. The monoisotopic (exact) mass is 370 g/mol. The SMILES string of the molecule is COc1ccccc1/C=C/c1cc(/C=C/C(Cl)(Cl)Cl)oc(=O)c1. The second-order valence-electron chi connectivity index (χ2n) is 4.56. The highest BCUT2D eigenvalue weighted by Crippen LogP contribution is 2.28. The Bertz CT molecular complexity index is 786. The normalized spacial score (nSPS) is 12.2. The molecule has 0 spiro atoms. The maximum absolute atomic E-state index is 11.6. The van der Waals surface area contributed by atoms with Crippen LogP contribution in [0.15, 0.2) is 51.7 Å². The minimum absolute atomic E-state index is 0.295. The molecule has 120 valence electrons. The van der Waals surface area contributed by atoms with Gasteiger partial charge in [-0.25, -0.2) is 4.79 Å². The lowest BCUT2D eigenvalue weighted by atomic mass is 10.1. The molecule has 2 aromatic rings. The van der Waals surface area contributed by atoms with Gasteiger partial charge in [0.2, 0.25) is 3.79 Å². The summed E-state index contributed by atoms with van der Waals surface area (Å²) in [4.78, 5) is 11.6. The van der Waals surface area contributed by atoms with Crippen LogP contribution in [0.5, 0.6) is 5.75 Å². The molecule has 0 saturated carbocycles. The Balaban J connectivity index is 2.30. The molecule has 1 aromatic heterocycles. The van der Waals surface area contributed by atoms with Gasteiger partial charge in [-0.1, -0.05) is 65.2 Å². The highest BCUT2D eigenvalue weighted by molar-refractivity contribution is 6.69. The smallest absolute Gasteiger partial charge is 0.336 e. The molecule has 6 heteroatoms. The van der Waals surface area contributed by atoms with E-state index in [4.69, 9.17) is 44.0 Å². The summed E-state index contributed by atoms with van der Waals surface area (Å²) in [6.07, 6.45) is 6.37. The van der Waals surface area contributed by atoms with Crippen LogP contribution < -0.4 is 10.4 Å². The van der Waals surface area contributed by atoms with Crippen LogP contribution in [0.25, 0.3) is 18.2 Å². The summed E-state index contributed by atoms with van der Waals surface area (Å²) in [5, 5.41) is 0. The van der Waals surface area contributed by atoms with Crippen molar-refractivity contribution in [2.45, 2.75) is 3.79 Å².